The maximum absolute atomic E-state index is 12.2. The highest BCUT2D eigenvalue weighted by molar-refractivity contribution is 5.98. The van der Waals surface area contributed by atoms with Gasteiger partial charge in [0.1, 0.15) is 12.3 Å². The van der Waals surface area contributed by atoms with Crippen LogP contribution in [0.25, 0.3) is 10.9 Å². The van der Waals surface area contributed by atoms with Crippen molar-refractivity contribution in [1.82, 2.24) is 4.57 Å². The lowest BCUT2D eigenvalue weighted by Gasteiger charge is -2.09. The van der Waals surface area contributed by atoms with E-state index in [9.17, 15) is 9.59 Å². The standard InChI is InChI=1S/C21H21NO4/c1-3-25-18-10-8-16(9-11-18)20(23)14-26-21(24)13-22-15(2)12-17-6-4-5-7-19(17)22/h4-12H,3,13-14H2,1-2H3. The van der Waals surface area contributed by atoms with Crippen molar-refractivity contribution < 1.29 is 19.1 Å². The Morgan fingerprint density at radius 3 is 2.50 bits per heavy atom. The molecule has 0 radical (unpaired) electrons. The highest BCUT2D eigenvalue weighted by atomic mass is 16.5. The molecule has 134 valence electrons. The van der Waals surface area contributed by atoms with Gasteiger partial charge in [0.25, 0.3) is 0 Å². The Morgan fingerprint density at radius 2 is 1.77 bits per heavy atom. The van der Waals surface area contributed by atoms with Gasteiger partial charge >= 0.3 is 5.97 Å². The predicted molar refractivity (Wildman–Crippen MR) is 99.6 cm³/mol. The van der Waals surface area contributed by atoms with Crippen molar-refractivity contribution >= 4 is 22.7 Å². The number of para-hydroxylation sites is 1. The second-order valence-corrected chi connectivity index (χ2v) is 5.97. The number of carbonyl (C=O) groups excluding carboxylic acids is 2. The summed E-state index contributed by atoms with van der Waals surface area (Å²) in [5.41, 5.74) is 2.43. The molecule has 0 saturated carbocycles. The van der Waals surface area contributed by atoms with Gasteiger partial charge in [-0.1, -0.05) is 18.2 Å². The molecule has 0 fully saturated rings. The van der Waals surface area contributed by atoms with Gasteiger partial charge < -0.3 is 14.0 Å². The van der Waals surface area contributed by atoms with Crippen LogP contribution in [0.3, 0.4) is 0 Å². The smallest absolute Gasteiger partial charge is 0.326 e. The van der Waals surface area contributed by atoms with Crippen LogP contribution >= 0.6 is 0 Å². The Balaban J connectivity index is 1.59. The minimum Gasteiger partial charge on any atom is -0.494 e. The fourth-order valence-electron chi connectivity index (χ4n) is 2.87. The molecule has 0 aliphatic heterocycles. The number of benzene rings is 2. The highest BCUT2D eigenvalue weighted by Crippen LogP contribution is 2.19. The fraction of sp³-hybridized carbons (Fsp3) is 0.238. The molecule has 0 amide bonds. The Kier molecular flexibility index (Phi) is 5.37. The Labute approximate surface area is 152 Å². The molecule has 0 N–H and O–H groups in total. The number of rotatable bonds is 7. The van der Waals surface area contributed by atoms with Crippen molar-refractivity contribution in [2.45, 2.75) is 20.4 Å². The van der Waals surface area contributed by atoms with E-state index in [1.54, 1.807) is 24.3 Å². The van der Waals surface area contributed by atoms with Gasteiger partial charge in [-0.2, -0.15) is 0 Å². The minimum atomic E-state index is -0.436. The van der Waals surface area contributed by atoms with Crippen LogP contribution in [-0.2, 0) is 16.1 Å². The lowest BCUT2D eigenvalue weighted by atomic mass is 10.1. The molecule has 5 heteroatoms. The second kappa shape index (κ2) is 7.87. The summed E-state index contributed by atoms with van der Waals surface area (Å²) in [6.45, 7) is 4.21. The predicted octanol–water partition coefficient (Wildman–Crippen LogP) is 3.77. The summed E-state index contributed by atoms with van der Waals surface area (Å²) < 4.78 is 12.4. The second-order valence-electron chi connectivity index (χ2n) is 5.97. The molecule has 3 aromatic rings. The van der Waals surface area contributed by atoms with Gasteiger partial charge in [0.05, 0.1) is 6.61 Å². The first-order valence-electron chi connectivity index (χ1n) is 8.55. The Morgan fingerprint density at radius 1 is 1.04 bits per heavy atom. The number of nitrogens with zero attached hydrogens (tertiary/aromatic N) is 1. The third-order valence-corrected chi connectivity index (χ3v) is 4.16. The summed E-state index contributed by atoms with van der Waals surface area (Å²) in [6.07, 6.45) is 0. The lowest BCUT2D eigenvalue weighted by molar-refractivity contribution is -0.143. The molecular formula is C21H21NO4. The minimum absolute atomic E-state index is 0.0793. The average Bonchev–Trinajstić information content (AvgIpc) is 2.96. The van der Waals surface area contributed by atoms with E-state index in [-0.39, 0.29) is 18.9 Å². The van der Waals surface area contributed by atoms with E-state index in [1.807, 2.05) is 48.7 Å². The zero-order valence-electron chi connectivity index (χ0n) is 14.9. The zero-order valence-corrected chi connectivity index (χ0v) is 14.9. The molecule has 2 aromatic carbocycles. The van der Waals surface area contributed by atoms with Crippen molar-refractivity contribution in [3.63, 3.8) is 0 Å². The Hall–Kier alpha value is -3.08. The molecular weight excluding hydrogens is 330 g/mol. The molecule has 0 atom stereocenters. The van der Waals surface area contributed by atoms with Gasteiger partial charge in [-0.15, -0.1) is 0 Å². The molecule has 1 heterocycles. The van der Waals surface area contributed by atoms with Gasteiger partial charge in [-0.25, -0.2) is 0 Å². The number of carbonyl (C=O) groups is 2. The van der Waals surface area contributed by atoms with Crippen molar-refractivity contribution in [2.24, 2.45) is 0 Å². The van der Waals surface area contributed by atoms with Gasteiger partial charge in [0, 0.05) is 16.8 Å². The van der Waals surface area contributed by atoms with Crippen LogP contribution in [0.5, 0.6) is 5.75 Å². The van der Waals surface area contributed by atoms with Crippen molar-refractivity contribution in [1.29, 1.82) is 0 Å². The third kappa shape index (κ3) is 3.94. The molecule has 5 nitrogen and oxygen atoms in total. The molecule has 0 saturated heterocycles. The van der Waals surface area contributed by atoms with Crippen molar-refractivity contribution in [3.8, 4) is 5.75 Å². The lowest BCUT2D eigenvalue weighted by Crippen LogP contribution is -2.19. The number of hydrogen-bond acceptors (Lipinski definition) is 4. The summed E-state index contributed by atoms with van der Waals surface area (Å²) >= 11 is 0. The topological polar surface area (TPSA) is 57.5 Å². The van der Waals surface area contributed by atoms with Crippen LogP contribution in [0.2, 0.25) is 0 Å². The highest BCUT2D eigenvalue weighted by Gasteiger charge is 2.13. The molecule has 1 aromatic heterocycles. The molecule has 26 heavy (non-hydrogen) atoms. The van der Waals surface area contributed by atoms with E-state index in [4.69, 9.17) is 9.47 Å². The van der Waals surface area contributed by atoms with Crippen LogP contribution in [0.4, 0.5) is 0 Å². The summed E-state index contributed by atoms with van der Waals surface area (Å²) in [5.74, 6) is 0.0280. The number of ketones is 1. The van der Waals surface area contributed by atoms with Gasteiger partial charge in [0.15, 0.2) is 12.4 Å². The molecule has 0 aliphatic rings. The first-order chi connectivity index (χ1) is 12.6. The quantitative estimate of drug-likeness (QED) is 0.480. The molecule has 0 spiro atoms. The van der Waals surface area contributed by atoms with E-state index in [1.165, 1.54) is 0 Å². The summed E-state index contributed by atoms with van der Waals surface area (Å²) in [4.78, 5) is 24.3. The summed E-state index contributed by atoms with van der Waals surface area (Å²) in [7, 11) is 0. The van der Waals surface area contributed by atoms with Crippen LogP contribution in [0, 0.1) is 6.92 Å². The number of fused-ring (bicyclic) bond motifs is 1. The molecule has 0 bridgehead atoms. The zero-order chi connectivity index (χ0) is 18.5. The molecule has 0 aliphatic carbocycles. The maximum Gasteiger partial charge on any atom is 0.326 e. The summed E-state index contributed by atoms with van der Waals surface area (Å²) in [6, 6.07) is 16.7. The van der Waals surface area contributed by atoms with Gasteiger partial charge in [-0.3, -0.25) is 9.59 Å². The van der Waals surface area contributed by atoms with E-state index in [0.717, 1.165) is 16.6 Å². The number of esters is 1. The van der Waals surface area contributed by atoms with Crippen LogP contribution < -0.4 is 4.74 Å². The number of Topliss-reactive ketones (excluding diaryl/α,β-unsaturated/α-hetero) is 1. The largest absolute Gasteiger partial charge is 0.494 e. The van der Waals surface area contributed by atoms with Crippen LogP contribution in [0.1, 0.15) is 23.0 Å². The van der Waals surface area contributed by atoms with E-state index in [2.05, 4.69) is 0 Å². The average molecular weight is 351 g/mol. The van der Waals surface area contributed by atoms with Crippen molar-refractivity contribution in [2.75, 3.05) is 13.2 Å². The third-order valence-electron chi connectivity index (χ3n) is 4.16. The number of hydrogen-bond donors (Lipinski definition) is 0. The summed E-state index contributed by atoms with van der Waals surface area (Å²) in [5, 5.41) is 1.07. The van der Waals surface area contributed by atoms with Crippen LogP contribution in [-0.4, -0.2) is 29.5 Å². The molecule has 0 unspecified atom stereocenters. The maximum atomic E-state index is 12.2. The van der Waals surface area contributed by atoms with Gasteiger partial charge in [-0.05, 0) is 55.6 Å². The normalized spacial score (nSPS) is 10.7. The first kappa shape index (κ1) is 17.7. The number of aryl methyl sites for hydroxylation is 1. The van der Waals surface area contributed by atoms with E-state index < -0.39 is 5.97 Å². The first-order valence-corrected chi connectivity index (χ1v) is 8.55. The molecule has 3 rings (SSSR count). The van der Waals surface area contributed by atoms with E-state index >= 15 is 0 Å². The Bertz CT molecular complexity index is 925. The number of ether oxygens (including phenoxy) is 2. The monoisotopic (exact) mass is 351 g/mol. The fourth-order valence-corrected chi connectivity index (χ4v) is 2.87. The van der Waals surface area contributed by atoms with Crippen LogP contribution in [0.15, 0.2) is 54.6 Å². The number of aromatic nitrogens is 1. The SMILES string of the molecule is CCOc1ccc(C(=O)COC(=O)Cn2c(C)cc3ccccc32)cc1. The van der Waals surface area contributed by atoms with Crippen molar-refractivity contribution in [3.05, 3.63) is 65.9 Å². The van der Waals surface area contributed by atoms with Gasteiger partial charge in [0.2, 0.25) is 0 Å². The van der Waals surface area contributed by atoms with E-state index in [0.29, 0.717) is 17.9 Å².